The zero-order chi connectivity index (χ0) is 21.9. The molecule has 2 N–H and O–H groups in total. The molecule has 0 unspecified atom stereocenters. The fourth-order valence-electron chi connectivity index (χ4n) is 6.77. The number of rotatable bonds is 4. The fourth-order valence-corrected chi connectivity index (χ4v) is 7.92. The number of amides is 1. The second-order valence-corrected chi connectivity index (χ2v) is 11.4. The van der Waals surface area contributed by atoms with Crippen LogP contribution in [0, 0.1) is 30.1 Å². The van der Waals surface area contributed by atoms with Crippen molar-refractivity contribution in [1.82, 2.24) is 25.1 Å². The van der Waals surface area contributed by atoms with Crippen molar-refractivity contribution in [3.8, 4) is 10.6 Å². The van der Waals surface area contributed by atoms with Crippen molar-refractivity contribution in [1.29, 1.82) is 0 Å². The highest BCUT2D eigenvalue weighted by Crippen LogP contribution is 2.61. The van der Waals surface area contributed by atoms with Gasteiger partial charge >= 0.3 is 0 Å². The van der Waals surface area contributed by atoms with Crippen LogP contribution in [0.3, 0.4) is 0 Å². The van der Waals surface area contributed by atoms with Gasteiger partial charge in [0.25, 0.3) is 0 Å². The van der Waals surface area contributed by atoms with Crippen LogP contribution >= 0.6 is 23.6 Å². The van der Waals surface area contributed by atoms with E-state index in [0.29, 0.717) is 11.5 Å². The number of nitrogens with zero attached hydrogens (tertiary/aromatic N) is 4. The number of thiocarbonyl (C=S) groups is 1. The summed E-state index contributed by atoms with van der Waals surface area (Å²) in [5.74, 6) is 3.30. The Kier molecular flexibility index (Phi) is 4.80. The molecule has 166 valence electrons. The minimum absolute atomic E-state index is 0.0383. The maximum absolute atomic E-state index is 12.9. The van der Waals surface area contributed by atoms with Gasteiger partial charge in [-0.2, -0.15) is 9.61 Å². The lowest BCUT2D eigenvalue weighted by Gasteiger charge is -2.56. The number of hydrogen-bond acceptors (Lipinski definition) is 6. The predicted molar refractivity (Wildman–Crippen MR) is 128 cm³/mol. The van der Waals surface area contributed by atoms with Gasteiger partial charge in [-0.25, -0.2) is 0 Å². The van der Waals surface area contributed by atoms with Crippen molar-refractivity contribution in [2.75, 3.05) is 5.32 Å². The van der Waals surface area contributed by atoms with Crippen molar-refractivity contribution in [2.45, 2.75) is 51.9 Å². The predicted octanol–water partition coefficient (Wildman–Crippen LogP) is 4.58. The number of aromatic nitrogens is 4. The van der Waals surface area contributed by atoms with E-state index in [9.17, 15) is 4.79 Å². The topological polar surface area (TPSA) is 84.2 Å². The lowest BCUT2D eigenvalue weighted by molar-refractivity contribution is -0.127. The Morgan fingerprint density at radius 1 is 1.16 bits per heavy atom. The molecular weight excluding hydrogens is 440 g/mol. The van der Waals surface area contributed by atoms with Gasteiger partial charge in [0.2, 0.25) is 10.9 Å². The Balaban J connectivity index is 1.14. The summed E-state index contributed by atoms with van der Waals surface area (Å²) in [4.78, 5) is 13.7. The van der Waals surface area contributed by atoms with Gasteiger partial charge in [0.15, 0.2) is 10.9 Å². The molecule has 7 nitrogen and oxygen atoms in total. The van der Waals surface area contributed by atoms with E-state index in [4.69, 9.17) is 12.2 Å². The maximum atomic E-state index is 12.9. The lowest BCUT2D eigenvalue weighted by atomic mass is 9.49. The van der Waals surface area contributed by atoms with E-state index in [1.165, 1.54) is 49.9 Å². The Morgan fingerprint density at radius 2 is 1.84 bits per heavy atom. The summed E-state index contributed by atoms with van der Waals surface area (Å²) in [6, 6.07) is 7.84. The number of benzene rings is 1. The number of para-hydroxylation sites is 1. The summed E-state index contributed by atoms with van der Waals surface area (Å²) in [7, 11) is 0. The van der Waals surface area contributed by atoms with Crippen LogP contribution in [0.2, 0.25) is 0 Å². The number of carbonyl (C=O) groups excluding carboxylic acids is 1. The summed E-state index contributed by atoms with van der Waals surface area (Å²) >= 11 is 6.98. The molecule has 4 saturated carbocycles. The van der Waals surface area contributed by atoms with Gasteiger partial charge in [0.1, 0.15) is 5.01 Å². The standard InChI is InChI=1S/C23H26N6OS2/c1-13-26-27-22-29(13)28-20(32-22)17-4-2-3-5-18(17)24-21(31)25-19(30)12-23-9-14-6-15(10-23)8-16(7-14)11-23/h2-5,14-16H,6-12H2,1H3,(H2,24,25,30,31). The van der Waals surface area contributed by atoms with Crippen molar-refractivity contribution in [3.63, 3.8) is 0 Å². The molecule has 4 fully saturated rings. The van der Waals surface area contributed by atoms with Crippen molar-refractivity contribution < 1.29 is 4.79 Å². The Labute approximate surface area is 196 Å². The van der Waals surface area contributed by atoms with Gasteiger partial charge in [0, 0.05) is 12.0 Å². The lowest BCUT2D eigenvalue weighted by Crippen LogP contribution is -2.48. The Hall–Kier alpha value is -2.39. The van der Waals surface area contributed by atoms with Crippen molar-refractivity contribution >= 4 is 45.2 Å². The number of fused-ring (bicyclic) bond motifs is 1. The highest BCUT2D eigenvalue weighted by molar-refractivity contribution is 7.80. The minimum Gasteiger partial charge on any atom is -0.332 e. The molecule has 1 amide bonds. The first-order chi connectivity index (χ1) is 15.5. The zero-order valence-corrected chi connectivity index (χ0v) is 19.6. The van der Waals surface area contributed by atoms with Crippen LogP contribution in [0.1, 0.15) is 50.8 Å². The summed E-state index contributed by atoms with van der Waals surface area (Å²) in [5.41, 5.74) is 1.93. The average molecular weight is 467 g/mol. The molecule has 3 aromatic rings. The second kappa shape index (κ2) is 7.59. The van der Waals surface area contributed by atoms with E-state index in [1.54, 1.807) is 4.52 Å². The highest BCUT2D eigenvalue weighted by atomic mass is 32.1. The van der Waals surface area contributed by atoms with Gasteiger partial charge in [-0.05, 0) is 93.0 Å². The molecule has 0 saturated heterocycles. The molecule has 2 heterocycles. The highest BCUT2D eigenvalue weighted by Gasteiger charge is 2.51. The van der Waals surface area contributed by atoms with Crippen LogP contribution in [-0.4, -0.2) is 30.8 Å². The molecule has 0 atom stereocenters. The van der Waals surface area contributed by atoms with E-state index < -0.39 is 0 Å². The first-order valence-corrected chi connectivity index (χ1v) is 12.6. The first-order valence-electron chi connectivity index (χ1n) is 11.4. The smallest absolute Gasteiger partial charge is 0.234 e. The third kappa shape index (κ3) is 3.61. The van der Waals surface area contributed by atoms with E-state index >= 15 is 0 Å². The van der Waals surface area contributed by atoms with Crippen LogP contribution in [-0.2, 0) is 4.79 Å². The summed E-state index contributed by atoms with van der Waals surface area (Å²) in [6.45, 7) is 1.88. The SMILES string of the molecule is Cc1nnc2sc(-c3ccccc3NC(=S)NC(=O)CC34CC5CC(CC(C5)C3)C4)nn12. The van der Waals surface area contributed by atoms with Gasteiger partial charge < -0.3 is 10.6 Å². The van der Waals surface area contributed by atoms with Crippen LogP contribution in [0.4, 0.5) is 5.69 Å². The molecule has 0 aliphatic heterocycles. The second-order valence-electron chi connectivity index (χ2n) is 9.99. The van der Waals surface area contributed by atoms with Gasteiger partial charge in [-0.15, -0.1) is 10.2 Å². The first kappa shape index (κ1) is 20.2. The van der Waals surface area contributed by atoms with Crippen LogP contribution in [0.25, 0.3) is 15.5 Å². The maximum Gasteiger partial charge on any atom is 0.234 e. The van der Waals surface area contributed by atoms with Crippen molar-refractivity contribution in [3.05, 3.63) is 30.1 Å². The van der Waals surface area contributed by atoms with Gasteiger partial charge in [0.05, 0.1) is 5.69 Å². The molecule has 0 spiro atoms. The normalized spacial score (nSPS) is 28.2. The Bertz CT molecular complexity index is 1180. The molecule has 9 heteroatoms. The number of nitrogens with one attached hydrogen (secondary N) is 2. The van der Waals surface area contributed by atoms with E-state index in [0.717, 1.165) is 44.8 Å². The van der Waals surface area contributed by atoms with E-state index in [-0.39, 0.29) is 11.3 Å². The van der Waals surface area contributed by atoms with Crippen LogP contribution < -0.4 is 10.6 Å². The summed E-state index contributed by atoms with van der Waals surface area (Å²) < 4.78 is 1.74. The zero-order valence-electron chi connectivity index (χ0n) is 18.0. The third-order valence-corrected chi connectivity index (χ3v) is 8.64. The molecule has 4 aliphatic carbocycles. The molecule has 1 aromatic carbocycles. The summed E-state index contributed by atoms with van der Waals surface area (Å²) in [6.07, 6.45) is 8.40. The van der Waals surface area contributed by atoms with E-state index in [1.807, 2.05) is 31.2 Å². The molecule has 0 radical (unpaired) electrons. The molecule has 2 aromatic heterocycles. The number of hydrogen-bond donors (Lipinski definition) is 2. The summed E-state index contributed by atoms with van der Waals surface area (Å²) in [5, 5.41) is 20.2. The molecule has 4 bridgehead atoms. The largest absolute Gasteiger partial charge is 0.332 e. The van der Waals surface area contributed by atoms with E-state index in [2.05, 4.69) is 25.9 Å². The van der Waals surface area contributed by atoms with Crippen molar-refractivity contribution in [2.24, 2.45) is 23.2 Å². The molecule has 4 aliphatic rings. The molecule has 32 heavy (non-hydrogen) atoms. The third-order valence-electron chi connectivity index (χ3n) is 7.51. The minimum atomic E-state index is 0.0383. The number of anilines is 1. The van der Waals surface area contributed by atoms with Crippen LogP contribution in [0.15, 0.2) is 24.3 Å². The average Bonchev–Trinajstić information content (AvgIpc) is 3.28. The molecular formula is C23H26N6OS2. The quantitative estimate of drug-likeness (QED) is 0.548. The molecule has 7 rings (SSSR count). The van der Waals surface area contributed by atoms with Gasteiger partial charge in [-0.1, -0.05) is 23.5 Å². The monoisotopic (exact) mass is 466 g/mol. The Morgan fingerprint density at radius 3 is 2.53 bits per heavy atom. The van der Waals surface area contributed by atoms with Crippen LogP contribution in [0.5, 0.6) is 0 Å². The van der Waals surface area contributed by atoms with Gasteiger partial charge in [-0.3, -0.25) is 4.79 Å². The number of carbonyl (C=O) groups is 1. The number of aryl methyl sites for hydroxylation is 1. The fraction of sp³-hybridized carbons (Fsp3) is 0.522.